The summed E-state index contributed by atoms with van der Waals surface area (Å²) in [5.74, 6) is 2.42. The largest absolute Gasteiger partial charge is 0.497 e. The van der Waals surface area contributed by atoms with Crippen molar-refractivity contribution in [1.82, 2.24) is 0 Å². The van der Waals surface area contributed by atoms with Crippen molar-refractivity contribution in [2.75, 3.05) is 25.3 Å². The van der Waals surface area contributed by atoms with Gasteiger partial charge in [-0.15, -0.1) is 11.8 Å². The van der Waals surface area contributed by atoms with E-state index >= 15 is 0 Å². The van der Waals surface area contributed by atoms with Gasteiger partial charge in [-0.1, -0.05) is 29.8 Å². The summed E-state index contributed by atoms with van der Waals surface area (Å²) in [4.78, 5) is 12.1. The highest BCUT2D eigenvalue weighted by molar-refractivity contribution is 7.99. The second-order valence-electron chi connectivity index (χ2n) is 5.10. The fourth-order valence-corrected chi connectivity index (χ4v) is 2.94. The molecule has 2 rings (SSSR count). The van der Waals surface area contributed by atoms with Gasteiger partial charge in [0.15, 0.2) is 0 Å². The normalized spacial score (nSPS) is 10.2. The maximum Gasteiger partial charge on any atom is 0.234 e. The van der Waals surface area contributed by atoms with E-state index in [0.717, 1.165) is 5.75 Å². The molecule has 2 aromatic rings. The molecule has 1 amide bonds. The van der Waals surface area contributed by atoms with Crippen molar-refractivity contribution in [1.29, 1.82) is 0 Å². The number of anilines is 1. The number of benzene rings is 2. The van der Waals surface area contributed by atoms with Gasteiger partial charge >= 0.3 is 0 Å². The molecule has 0 bridgehead atoms. The topological polar surface area (TPSA) is 47.6 Å². The Labute approximate surface area is 141 Å². The minimum absolute atomic E-state index is 0.0609. The van der Waals surface area contributed by atoms with E-state index in [1.54, 1.807) is 44.2 Å². The van der Waals surface area contributed by atoms with Crippen LogP contribution in [-0.4, -0.2) is 25.9 Å². The van der Waals surface area contributed by atoms with Crippen LogP contribution in [0.4, 0.5) is 5.69 Å². The van der Waals surface area contributed by atoms with Crippen molar-refractivity contribution in [3.05, 3.63) is 53.6 Å². The van der Waals surface area contributed by atoms with Crippen LogP contribution in [-0.2, 0) is 10.5 Å². The van der Waals surface area contributed by atoms with Crippen LogP contribution in [0.3, 0.4) is 0 Å². The SMILES string of the molecule is COc1ccc(OC)c(NC(=O)CSCc2cccc(C)c2)c1. The predicted molar refractivity (Wildman–Crippen MR) is 95.5 cm³/mol. The highest BCUT2D eigenvalue weighted by atomic mass is 32.2. The van der Waals surface area contributed by atoms with Crippen molar-refractivity contribution in [3.63, 3.8) is 0 Å². The van der Waals surface area contributed by atoms with Gasteiger partial charge in [0, 0.05) is 11.8 Å². The fourth-order valence-electron chi connectivity index (χ4n) is 2.16. The third kappa shape index (κ3) is 5.21. The van der Waals surface area contributed by atoms with E-state index in [4.69, 9.17) is 9.47 Å². The molecular formula is C18H21NO3S. The number of rotatable bonds is 7. The summed E-state index contributed by atoms with van der Waals surface area (Å²) in [5, 5.41) is 2.87. The molecule has 0 fully saturated rings. The Bertz CT molecular complexity index is 673. The van der Waals surface area contributed by atoms with E-state index in [-0.39, 0.29) is 5.91 Å². The highest BCUT2D eigenvalue weighted by Crippen LogP contribution is 2.29. The third-order valence-corrected chi connectivity index (χ3v) is 4.27. The molecule has 2 aromatic carbocycles. The van der Waals surface area contributed by atoms with Gasteiger partial charge in [0.2, 0.25) is 5.91 Å². The average Bonchev–Trinajstić information content (AvgIpc) is 2.55. The van der Waals surface area contributed by atoms with Crippen LogP contribution in [0.1, 0.15) is 11.1 Å². The summed E-state index contributed by atoms with van der Waals surface area (Å²) in [5.41, 5.74) is 3.07. The lowest BCUT2D eigenvalue weighted by Crippen LogP contribution is -2.15. The van der Waals surface area contributed by atoms with Crippen molar-refractivity contribution < 1.29 is 14.3 Å². The number of carbonyl (C=O) groups is 1. The Kier molecular flexibility index (Phi) is 6.35. The number of methoxy groups -OCH3 is 2. The van der Waals surface area contributed by atoms with Crippen molar-refractivity contribution >= 4 is 23.4 Å². The molecule has 0 spiro atoms. The first-order chi connectivity index (χ1) is 11.1. The Hall–Kier alpha value is -2.14. The minimum atomic E-state index is -0.0609. The number of ether oxygens (including phenoxy) is 2. The second-order valence-corrected chi connectivity index (χ2v) is 6.08. The van der Waals surface area contributed by atoms with E-state index in [0.29, 0.717) is 22.9 Å². The minimum Gasteiger partial charge on any atom is -0.497 e. The summed E-state index contributed by atoms with van der Waals surface area (Å²) in [7, 11) is 3.16. The maximum atomic E-state index is 12.1. The maximum absolute atomic E-state index is 12.1. The van der Waals surface area contributed by atoms with E-state index in [1.165, 1.54) is 11.1 Å². The van der Waals surface area contributed by atoms with E-state index in [1.807, 2.05) is 6.07 Å². The van der Waals surface area contributed by atoms with Crippen LogP contribution in [0.2, 0.25) is 0 Å². The highest BCUT2D eigenvalue weighted by Gasteiger charge is 2.09. The average molecular weight is 331 g/mol. The first-order valence-electron chi connectivity index (χ1n) is 7.27. The number of aryl methyl sites for hydroxylation is 1. The van der Waals surface area contributed by atoms with E-state index in [9.17, 15) is 4.79 Å². The fraction of sp³-hybridized carbons (Fsp3) is 0.278. The third-order valence-electron chi connectivity index (χ3n) is 3.27. The molecule has 0 aliphatic rings. The standard InChI is InChI=1S/C18H21NO3S/c1-13-5-4-6-14(9-13)11-23-12-18(20)19-16-10-15(21-2)7-8-17(16)22-3/h4-10H,11-12H2,1-3H3,(H,19,20). The Morgan fingerprint density at radius 3 is 2.65 bits per heavy atom. The van der Waals surface area contributed by atoms with Gasteiger partial charge in [-0.2, -0.15) is 0 Å². The Morgan fingerprint density at radius 2 is 1.96 bits per heavy atom. The smallest absolute Gasteiger partial charge is 0.234 e. The Morgan fingerprint density at radius 1 is 1.13 bits per heavy atom. The predicted octanol–water partition coefficient (Wildman–Crippen LogP) is 3.88. The summed E-state index contributed by atoms with van der Waals surface area (Å²) in [6.07, 6.45) is 0. The number of thioether (sulfide) groups is 1. The zero-order valence-corrected chi connectivity index (χ0v) is 14.4. The summed E-state index contributed by atoms with van der Waals surface area (Å²) < 4.78 is 10.4. The van der Waals surface area contributed by atoms with Gasteiger partial charge in [0.1, 0.15) is 11.5 Å². The number of hydrogen-bond donors (Lipinski definition) is 1. The van der Waals surface area contributed by atoms with E-state index < -0.39 is 0 Å². The second kappa shape index (κ2) is 8.48. The van der Waals surface area contributed by atoms with Crippen molar-refractivity contribution in [2.24, 2.45) is 0 Å². The zero-order chi connectivity index (χ0) is 16.7. The summed E-state index contributed by atoms with van der Waals surface area (Å²) >= 11 is 1.58. The van der Waals surface area contributed by atoms with Gasteiger partial charge in [0.25, 0.3) is 0 Å². The van der Waals surface area contributed by atoms with Crippen molar-refractivity contribution in [2.45, 2.75) is 12.7 Å². The first kappa shape index (κ1) is 17.2. The molecule has 4 nitrogen and oxygen atoms in total. The molecule has 1 N–H and O–H groups in total. The lowest BCUT2D eigenvalue weighted by Gasteiger charge is -2.11. The molecule has 0 atom stereocenters. The molecular weight excluding hydrogens is 310 g/mol. The zero-order valence-electron chi connectivity index (χ0n) is 13.6. The van der Waals surface area contributed by atoms with Gasteiger partial charge in [-0.3, -0.25) is 4.79 Å². The van der Waals surface area contributed by atoms with E-state index in [2.05, 4.69) is 30.4 Å². The molecule has 0 saturated heterocycles. The molecule has 0 heterocycles. The molecule has 0 aliphatic heterocycles. The lowest BCUT2D eigenvalue weighted by molar-refractivity contribution is -0.113. The van der Waals surface area contributed by atoms with Crippen LogP contribution in [0.25, 0.3) is 0 Å². The Balaban J connectivity index is 1.89. The first-order valence-corrected chi connectivity index (χ1v) is 8.43. The summed E-state index contributed by atoms with van der Waals surface area (Å²) in [6, 6.07) is 13.6. The molecule has 0 radical (unpaired) electrons. The van der Waals surface area contributed by atoms with Crippen LogP contribution in [0.15, 0.2) is 42.5 Å². The van der Waals surface area contributed by atoms with Gasteiger partial charge < -0.3 is 14.8 Å². The molecule has 23 heavy (non-hydrogen) atoms. The quantitative estimate of drug-likeness (QED) is 0.836. The monoisotopic (exact) mass is 331 g/mol. The van der Waals surface area contributed by atoms with Crippen molar-refractivity contribution in [3.8, 4) is 11.5 Å². The van der Waals surface area contributed by atoms with Gasteiger partial charge in [-0.05, 0) is 24.6 Å². The van der Waals surface area contributed by atoms with Gasteiger partial charge in [-0.25, -0.2) is 0 Å². The number of amides is 1. The van der Waals surface area contributed by atoms with Crippen LogP contribution in [0.5, 0.6) is 11.5 Å². The van der Waals surface area contributed by atoms with Gasteiger partial charge in [0.05, 0.1) is 25.7 Å². The molecule has 0 unspecified atom stereocenters. The van der Waals surface area contributed by atoms with Crippen LogP contribution >= 0.6 is 11.8 Å². The summed E-state index contributed by atoms with van der Waals surface area (Å²) in [6.45, 7) is 2.07. The van der Waals surface area contributed by atoms with Crippen LogP contribution < -0.4 is 14.8 Å². The molecule has 0 aliphatic carbocycles. The molecule has 122 valence electrons. The number of carbonyl (C=O) groups excluding carboxylic acids is 1. The molecule has 0 saturated carbocycles. The lowest BCUT2D eigenvalue weighted by atomic mass is 10.2. The molecule has 0 aromatic heterocycles. The van der Waals surface area contributed by atoms with Crippen LogP contribution in [0, 0.1) is 6.92 Å². The molecule has 5 heteroatoms. The number of nitrogens with one attached hydrogen (secondary N) is 1. The number of hydrogen-bond acceptors (Lipinski definition) is 4.